The van der Waals surface area contributed by atoms with Crippen LogP contribution in [0.4, 0.5) is 0 Å². The molecule has 0 saturated carbocycles. The maximum absolute atomic E-state index is 12.0. The monoisotopic (exact) mass is 411 g/mol. The molecule has 2 aromatic carbocycles. The average molecular weight is 412 g/mol. The van der Waals surface area contributed by atoms with E-state index in [2.05, 4.69) is 14.7 Å². The third-order valence-corrected chi connectivity index (χ3v) is 4.59. The van der Waals surface area contributed by atoms with Crippen molar-refractivity contribution in [1.82, 2.24) is 14.7 Å². The number of hydrogen-bond acceptors (Lipinski definition) is 6. The van der Waals surface area contributed by atoms with Crippen molar-refractivity contribution < 1.29 is 14.3 Å². The Morgan fingerprint density at radius 2 is 1.83 bits per heavy atom. The van der Waals surface area contributed by atoms with Crippen molar-refractivity contribution in [1.29, 1.82) is 0 Å². The summed E-state index contributed by atoms with van der Waals surface area (Å²) in [7, 11) is 1.65. The van der Waals surface area contributed by atoms with E-state index in [1.807, 2.05) is 69.3 Å². The number of hydrogen-bond donors (Lipinski definition) is 1. The van der Waals surface area contributed by atoms with Crippen molar-refractivity contribution in [3.8, 4) is 16.7 Å². The molecule has 1 N–H and O–H groups in total. The number of benzene rings is 2. The highest BCUT2D eigenvalue weighted by Gasteiger charge is 2.14. The summed E-state index contributed by atoms with van der Waals surface area (Å²) in [6.45, 7) is 5.89. The van der Waals surface area contributed by atoms with Gasteiger partial charge >= 0.3 is 0 Å². The van der Waals surface area contributed by atoms with E-state index in [1.165, 1.54) is 11.5 Å². The highest BCUT2D eigenvalue weighted by molar-refractivity contribution is 7.07. The minimum absolute atomic E-state index is 0.00234. The van der Waals surface area contributed by atoms with Crippen LogP contribution < -0.4 is 14.8 Å². The standard InChI is InChI=1S/C22H25N3O3S/c1-22(2,3)24-20(26)14-15-8-10-17(11-9-15)28-21-23-19(25-29-21)13-16-6-5-7-18(12-16)27-4/h5-12H,13-14H2,1-4H3,(H,24,26). The first-order valence-electron chi connectivity index (χ1n) is 9.34. The van der Waals surface area contributed by atoms with E-state index in [0.29, 0.717) is 29.6 Å². The van der Waals surface area contributed by atoms with E-state index in [9.17, 15) is 4.79 Å². The number of carbonyl (C=O) groups excluding carboxylic acids is 1. The van der Waals surface area contributed by atoms with Gasteiger partial charge in [-0.2, -0.15) is 9.36 Å². The minimum Gasteiger partial charge on any atom is -0.497 e. The summed E-state index contributed by atoms with van der Waals surface area (Å²) in [6, 6.07) is 15.3. The number of amides is 1. The molecule has 0 aliphatic heterocycles. The van der Waals surface area contributed by atoms with Crippen molar-refractivity contribution in [2.45, 2.75) is 39.2 Å². The van der Waals surface area contributed by atoms with Gasteiger partial charge in [-0.1, -0.05) is 24.3 Å². The molecule has 0 atom stereocenters. The van der Waals surface area contributed by atoms with E-state index >= 15 is 0 Å². The second-order valence-corrected chi connectivity index (χ2v) is 8.44. The lowest BCUT2D eigenvalue weighted by atomic mass is 10.1. The van der Waals surface area contributed by atoms with Crippen LogP contribution in [-0.4, -0.2) is 27.9 Å². The fourth-order valence-electron chi connectivity index (χ4n) is 2.74. The molecular formula is C22H25N3O3S. The van der Waals surface area contributed by atoms with Gasteiger partial charge in [-0.25, -0.2) is 0 Å². The van der Waals surface area contributed by atoms with Crippen molar-refractivity contribution in [3.05, 3.63) is 65.5 Å². The Hall–Kier alpha value is -2.93. The molecule has 0 aliphatic carbocycles. The van der Waals surface area contributed by atoms with Crippen LogP contribution >= 0.6 is 11.5 Å². The zero-order chi connectivity index (χ0) is 20.9. The molecule has 0 saturated heterocycles. The van der Waals surface area contributed by atoms with Crippen LogP contribution in [0.25, 0.3) is 0 Å². The van der Waals surface area contributed by atoms with Crippen molar-refractivity contribution in [2.24, 2.45) is 0 Å². The summed E-state index contributed by atoms with van der Waals surface area (Å²) in [5, 5.41) is 3.44. The Balaban J connectivity index is 1.57. The third kappa shape index (κ3) is 6.57. The lowest BCUT2D eigenvalue weighted by molar-refractivity contribution is -0.121. The number of methoxy groups -OCH3 is 1. The maximum atomic E-state index is 12.0. The van der Waals surface area contributed by atoms with Gasteiger partial charge in [-0.15, -0.1) is 0 Å². The normalized spacial score (nSPS) is 11.2. The fraction of sp³-hybridized carbons (Fsp3) is 0.318. The maximum Gasteiger partial charge on any atom is 0.298 e. The van der Waals surface area contributed by atoms with Crippen molar-refractivity contribution >= 4 is 17.4 Å². The molecule has 1 aromatic heterocycles. The van der Waals surface area contributed by atoms with Crippen LogP contribution in [0.5, 0.6) is 16.7 Å². The minimum atomic E-state index is -0.236. The molecule has 6 nitrogen and oxygen atoms in total. The Morgan fingerprint density at radius 1 is 1.07 bits per heavy atom. The van der Waals surface area contributed by atoms with Crippen LogP contribution in [0.2, 0.25) is 0 Å². The molecule has 29 heavy (non-hydrogen) atoms. The largest absolute Gasteiger partial charge is 0.497 e. The van der Waals surface area contributed by atoms with Gasteiger partial charge < -0.3 is 14.8 Å². The molecule has 7 heteroatoms. The highest BCUT2D eigenvalue weighted by atomic mass is 32.1. The summed E-state index contributed by atoms with van der Waals surface area (Å²) in [5.74, 6) is 2.17. The fourth-order valence-corrected chi connectivity index (χ4v) is 3.31. The van der Waals surface area contributed by atoms with Crippen molar-refractivity contribution in [2.75, 3.05) is 7.11 Å². The molecule has 0 radical (unpaired) electrons. The molecular weight excluding hydrogens is 386 g/mol. The number of carbonyl (C=O) groups is 1. The van der Waals surface area contributed by atoms with Crippen LogP contribution in [0.1, 0.15) is 37.7 Å². The number of nitrogens with zero attached hydrogens (tertiary/aromatic N) is 2. The van der Waals surface area contributed by atoms with Gasteiger partial charge in [0.2, 0.25) is 5.91 Å². The van der Waals surface area contributed by atoms with Crippen molar-refractivity contribution in [3.63, 3.8) is 0 Å². The molecule has 0 fully saturated rings. The van der Waals surface area contributed by atoms with Crippen LogP contribution in [0.15, 0.2) is 48.5 Å². The average Bonchev–Trinajstić information content (AvgIpc) is 3.08. The van der Waals surface area contributed by atoms with Crippen LogP contribution in [0, 0.1) is 0 Å². The van der Waals surface area contributed by atoms with Crippen LogP contribution in [-0.2, 0) is 17.6 Å². The molecule has 1 heterocycles. The van der Waals surface area contributed by atoms with E-state index in [1.54, 1.807) is 7.11 Å². The summed E-state index contributed by atoms with van der Waals surface area (Å²) < 4.78 is 15.4. The van der Waals surface area contributed by atoms with E-state index in [0.717, 1.165) is 16.9 Å². The van der Waals surface area contributed by atoms with Gasteiger partial charge in [0.15, 0.2) is 5.82 Å². The molecule has 0 aliphatic rings. The predicted molar refractivity (Wildman–Crippen MR) is 114 cm³/mol. The first-order chi connectivity index (χ1) is 13.8. The molecule has 3 aromatic rings. The Kier molecular flexibility index (Phi) is 6.49. The number of ether oxygens (including phenoxy) is 2. The van der Waals surface area contributed by atoms with E-state index in [-0.39, 0.29) is 11.4 Å². The Labute approximate surface area is 175 Å². The zero-order valence-electron chi connectivity index (χ0n) is 17.1. The lowest BCUT2D eigenvalue weighted by Gasteiger charge is -2.20. The Bertz CT molecular complexity index is 962. The topological polar surface area (TPSA) is 73.3 Å². The van der Waals surface area contributed by atoms with Gasteiger partial charge in [-0.3, -0.25) is 4.79 Å². The summed E-state index contributed by atoms with van der Waals surface area (Å²) in [6.07, 6.45) is 0.944. The Morgan fingerprint density at radius 3 is 2.52 bits per heavy atom. The second-order valence-electron chi connectivity index (χ2n) is 7.73. The summed E-state index contributed by atoms with van der Waals surface area (Å²) in [5.41, 5.74) is 1.77. The molecule has 1 amide bonds. The van der Waals surface area contributed by atoms with Gasteiger partial charge in [0.05, 0.1) is 13.5 Å². The summed E-state index contributed by atoms with van der Waals surface area (Å²) in [4.78, 5) is 16.5. The number of aromatic nitrogens is 2. The smallest absolute Gasteiger partial charge is 0.298 e. The molecule has 152 valence electrons. The molecule has 0 unspecified atom stereocenters. The quantitative estimate of drug-likeness (QED) is 0.624. The van der Waals surface area contributed by atoms with E-state index < -0.39 is 0 Å². The van der Waals surface area contributed by atoms with Crippen LogP contribution in [0.3, 0.4) is 0 Å². The van der Waals surface area contributed by atoms with Gasteiger partial charge in [0.25, 0.3) is 5.19 Å². The highest BCUT2D eigenvalue weighted by Crippen LogP contribution is 2.25. The number of nitrogens with one attached hydrogen (secondary N) is 1. The first kappa shape index (κ1) is 20.8. The predicted octanol–water partition coefficient (Wildman–Crippen LogP) is 4.39. The molecule has 0 spiro atoms. The van der Waals surface area contributed by atoms with Gasteiger partial charge in [0.1, 0.15) is 11.5 Å². The molecule has 0 bridgehead atoms. The van der Waals surface area contributed by atoms with Gasteiger partial charge in [-0.05, 0) is 56.2 Å². The third-order valence-electron chi connectivity index (χ3n) is 3.95. The van der Waals surface area contributed by atoms with E-state index in [4.69, 9.17) is 9.47 Å². The SMILES string of the molecule is COc1cccc(Cc2nsc(Oc3ccc(CC(=O)NC(C)(C)C)cc3)n2)c1. The molecule has 3 rings (SSSR count). The first-order valence-corrected chi connectivity index (χ1v) is 10.1. The number of rotatable bonds is 7. The lowest BCUT2D eigenvalue weighted by Crippen LogP contribution is -2.41. The van der Waals surface area contributed by atoms with Gasteiger partial charge in [0, 0.05) is 23.5 Å². The second kappa shape index (κ2) is 9.05. The zero-order valence-corrected chi connectivity index (χ0v) is 17.9. The summed E-state index contributed by atoms with van der Waals surface area (Å²) >= 11 is 1.22.